The summed E-state index contributed by atoms with van der Waals surface area (Å²) >= 11 is 6.35. The van der Waals surface area contributed by atoms with Crippen molar-refractivity contribution >= 4 is 22.5 Å². The van der Waals surface area contributed by atoms with Crippen molar-refractivity contribution in [3.05, 3.63) is 74.5 Å². The van der Waals surface area contributed by atoms with Gasteiger partial charge in [0.1, 0.15) is 11.5 Å². The summed E-state index contributed by atoms with van der Waals surface area (Å²) in [6.45, 7) is 0. The summed E-state index contributed by atoms with van der Waals surface area (Å²) in [7, 11) is 6.27. The minimum Gasteiger partial charge on any atom is -0.497 e. The molecular formula is C22H20ClN3O4. The summed E-state index contributed by atoms with van der Waals surface area (Å²) in [5.41, 5.74) is 1.97. The molecule has 0 radical (unpaired) electrons. The van der Waals surface area contributed by atoms with Crippen LogP contribution in [0.1, 0.15) is 0 Å². The monoisotopic (exact) mass is 425 g/mol. The average molecular weight is 426 g/mol. The average Bonchev–Trinajstić information content (AvgIpc) is 3.17. The highest BCUT2D eigenvalue weighted by atomic mass is 35.5. The van der Waals surface area contributed by atoms with Crippen molar-refractivity contribution in [2.45, 2.75) is 0 Å². The first-order valence-corrected chi connectivity index (χ1v) is 9.54. The molecule has 154 valence electrons. The predicted molar refractivity (Wildman–Crippen MR) is 117 cm³/mol. The van der Waals surface area contributed by atoms with Crippen LogP contribution in [0.2, 0.25) is 5.02 Å². The number of rotatable bonds is 4. The largest absolute Gasteiger partial charge is 0.497 e. The maximum Gasteiger partial charge on any atom is 0.330 e. The Hall–Kier alpha value is -3.45. The molecule has 0 aliphatic carbocycles. The molecule has 0 spiro atoms. The zero-order chi connectivity index (χ0) is 21.6. The molecule has 8 heteroatoms. The van der Waals surface area contributed by atoms with E-state index in [1.54, 1.807) is 39.6 Å². The molecule has 7 nitrogen and oxygen atoms in total. The molecule has 0 aliphatic rings. The lowest BCUT2D eigenvalue weighted by Gasteiger charge is -2.12. The Bertz CT molecular complexity index is 1380. The van der Waals surface area contributed by atoms with E-state index >= 15 is 0 Å². The summed E-state index contributed by atoms with van der Waals surface area (Å²) in [6.07, 6.45) is 1.77. The molecule has 0 atom stereocenters. The molecule has 30 heavy (non-hydrogen) atoms. The molecule has 0 saturated heterocycles. The van der Waals surface area contributed by atoms with Crippen molar-refractivity contribution in [1.29, 1.82) is 0 Å². The number of methoxy groups -OCH3 is 2. The lowest BCUT2D eigenvalue weighted by Crippen LogP contribution is -2.36. The predicted octanol–water partition coefficient (Wildman–Crippen LogP) is 3.37. The third-order valence-corrected chi connectivity index (χ3v) is 5.51. The van der Waals surface area contributed by atoms with Crippen LogP contribution in [0.15, 0.2) is 58.3 Å². The molecule has 0 N–H and O–H groups in total. The van der Waals surface area contributed by atoms with Gasteiger partial charge in [0.25, 0.3) is 5.56 Å². The number of ether oxygens (including phenoxy) is 2. The van der Waals surface area contributed by atoms with E-state index < -0.39 is 5.69 Å². The number of benzene rings is 2. The molecule has 0 amide bonds. The van der Waals surface area contributed by atoms with Gasteiger partial charge in [0, 0.05) is 26.0 Å². The third kappa shape index (κ3) is 2.98. The Morgan fingerprint density at radius 2 is 1.60 bits per heavy atom. The van der Waals surface area contributed by atoms with Crippen LogP contribution >= 0.6 is 11.6 Å². The Balaban J connectivity index is 2.12. The van der Waals surface area contributed by atoms with Crippen LogP contribution in [-0.2, 0) is 14.1 Å². The SMILES string of the molecule is COc1ccc(-c2c3c(=O)n(C)c(=O)n(C)c3cn2-c2ccc(OC)c(Cl)c2)cc1. The lowest BCUT2D eigenvalue weighted by molar-refractivity contribution is 0.415. The molecular weight excluding hydrogens is 406 g/mol. The standard InChI is InChI=1S/C22H20ClN3O4/c1-24-17-12-26(14-7-10-18(30-4)16(23)11-14)20(13-5-8-15(29-3)9-6-13)19(17)21(27)25(2)22(24)28/h5-12H,1-4H3. The second-order valence-electron chi connectivity index (χ2n) is 6.86. The van der Waals surface area contributed by atoms with E-state index in [0.717, 1.165) is 15.8 Å². The van der Waals surface area contributed by atoms with Gasteiger partial charge in [-0.05, 0) is 48.0 Å². The molecule has 0 saturated carbocycles. The summed E-state index contributed by atoms with van der Waals surface area (Å²) in [5.74, 6) is 1.25. The molecule has 0 unspecified atom stereocenters. The minimum atomic E-state index is -0.390. The lowest BCUT2D eigenvalue weighted by atomic mass is 10.1. The van der Waals surface area contributed by atoms with E-state index in [4.69, 9.17) is 21.1 Å². The van der Waals surface area contributed by atoms with E-state index in [2.05, 4.69) is 0 Å². The first-order valence-electron chi connectivity index (χ1n) is 9.16. The first kappa shape index (κ1) is 19.8. The van der Waals surface area contributed by atoms with Crippen LogP contribution in [0.5, 0.6) is 11.5 Å². The van der Waals surface area contributed by atoms with Crippen LogP contribution in [-0.4, -0.2) is 27.9 Å². The number of aromatic nitrogens is 3. The molecule has 4 aromatic rings. The molecule has 0 aliphatic heterocycles. The van der Waals surface area contributed by atoms with Crippen molar-refractivity contribution in [2.75, 3.05) is 14.2 Å². The smallest absolute Gasteiger partial charge is 0.330 e. The topological polar surface area (TPSA) is 67.4 Å². The maximum atomic E-state index is 13.1. The molecule has 0 fully saturated rings. The van der Waals surface area contributed by atoms with Crippen molar-refractivity contribution in [3.63, 3.8) is 0 Å². The van der Waals surface area contributed by atoms with Crippen molar-refractivity contribution in [2.24, 2.45) is 14.1 Å². The third-order valence-electron chi connectivity index (χ3n) is 5.22. The maximum absolute atomic E-state index is 13.1. The minimum absolute atomic E-state index is 0.364. The number of hydrogen-bond donors (Lipinski definition) is 0. The van der Waals surface area contributed by atoms with Crippen LogP contribution in [0, 0.1) is 0 Å². The highest BCUT2D eigenvalue weighted by molar-refractivity contribution is 6.32. The quantitative estimate of drug-likeness (QED) is 0.503. The second-order valence-corrected chi connectivity index (χ2v) is 7.27. The fourth-order valence-electron chi connectivity index (χ4n) is 3.58. The van der Waals surface area contributed by atoms with E-state index in [-0.39, 0.29) is 5.56 Å². The fourth-order valence-corrected chi connectivity index (χ4v) is 3.83. The van der Waals surface area contributed by atoms with Crippen molar-refractivity contribution in [1.82, 2.24) is 13.7 Å². The van der Waals surface area contributed by atoms with E-state index in [1.165, 1.54) is 11.6 Å². The van der Waals surface area contributed by atoms with Gasteiger partial charge in [0.2, 0.25) is 0 Å². The van der Waals surface area contributed by atoms with Crippen molar-refractivity contribution < 1.29 is 9.47 Å². The van der Waals surface area contributed by atoms with Gasteiger partial charge in [-0.15, -0.1) is 0 Å². The van der Waals surface area contributed by atoms with Gasteiger partial charge >= 0.3 is 5.69 Å². The second kappa shape index (κ2) is 7.42. The Labute approximate surface area is 177 Å². The van der Waals surface area contributed by atoms with E-state index in [1.807, 2.05) is 34.9 Å². The van der Waals surface area contributed by atoms with Gasteiger partial charge in [-0.25, -0.2) is 4.79 Å². The van der Waals surface area contributed by atoms with Gasteiger partial charge in [0.05, 0.1) is 35.8 Å². The summed E-state index contributed by atoms with van der Waals surface area (Å²) < 4.78 is 14.9. The Morgan fingerprint density at radius 1 is 0.900 bits per heavy atom. The van der Waals surface area contributed by atoms with Gasteiger partial charge < -0.3 is 14.0 Å². The van der Waals surface area contributed by atoms with Crippen LogP contribution in [0.25, 0.3) is 27.8 Å². The molecule has 2 aromatic carbocycles. The highest BCUT2D eigenvalue weighted by Crippen LogP contribution is 2.34. The van der Waals surface area contributed by atoms with Gasteiger partial charge in [0.15, 0.2) is 0 Å². The Kier molecular flexibility index (Phi) is 4.91. The first-order chi connectivity index (χ1) is 14.4. The number of fused-ring (bicyclic) bond motifs is 1. The zero-order valence-corrected chi connectivity index (χ0v) is 17.7. The summed E-state index contributed by atoms with van der Waals surface area (Å²) in [6, 6.07) is 12.8. The number of aryl methyl sites for hydroxylation is 1. The highest BCUT2D eigenvalue weighted by Gasteiger charge is 2.20. The molecule has 2 heterocycles. The molecule has 0 bridgehead atoms. The van der Waals surface area contributed by atoms with Crippen LogP contribution < -0.4 is 20.7 Å². The number of halogens is 1. The fraction of sp³-hybridized carbons (Fsp3) is 0.182. The summed E-state index contributed by atoms with van der Waals surface area (Å²) in [4.78, 5) is 25.6. The Morgan fingerprint density at radius 3 is 2.20 bits per heavy atom. The summed E-state index contributed by atoms with van der Waals surface area (Å²) in [5, 5.41) is 0.881. The number of hydrogen-bond acceptors (Lipinski definition) is 4. The van der Waals surface area contributed by atoms with Crippen molar-refractivity contribution in [3.8, 4) is 28.4 Å². The molecule has 2 aromatic heterocycles. The van der Waals surface area contributed by atoms with Gasteiger partial charge in [-0.1, -0.05) is 11.6 Å². The van der Waals surface area contributed by atoms with Crippen LogP contribution in [0.3, 0.4) is 0 Å². The zero-order valence-electron chi connectivity index (χ0n) is 17.0. The van der Waals surface area contributed by atoms with E-state index in [9.17, 15) is 9.59 Å². The molecule has 4 rings (SSSR count). The van der Waals surface area contributed by atoms with Gasteiger partial charge in [-0.3, -0.25) is 13.9 Å². The normalized spacial score (nSPS) is 11.1. The number of nitrogens with zero attached hydrogens (tertiary/aromatic N) is 3. The van der Waals surface area contributed by atoms with E-state index in [0.29, 0.717) is 33.1 Å². The van der Waals surface area contributed by atoms with Gasteiger partial charge in [-0.2, -0.15) is 0 Å². The van der Waals surface area contributed by atoms with Crippen LogP contribution in [0.4, 0.5) is 0 Å².